The first-order chi connectivity index (χ1) is 7.11. The molecule has 1 aromatic rings. The molecule has 0 aromatic carbocycles. The molecular weight excluding hydrogens is 256 g/mol. The lowest BCUT2D eigenvalue weighted by Crippen LogP contribution is -2.31. The summed E-state index contributed by atoms with van der Waals surface area (Å²) in [5.74, 6) is 0.849. The monoisotopic (exact) mass is 272 g/mol. The lowest BCUT2D eigenvalue weighted by molar-refractivity contribution is 0.284. The minimum atomic E-state index is 0.570. The standard InChI is InChI=1S/C10H17BrN4/c1-8(2)15(3)5-4-13-10-9(11)6-12-7-14-10/h6-8H,4-5H2,1-3H3,(H,12,13,14). The van der Waals surface area contributed by atoms with Crippen molar-refractivity contribution in [2.24, 2.45) is 0 Å². The first-order valence-corrected chi connectivity index (χ1v) is 5.80. The van der Waals surface area contributed by atoms with Gasteiger partial charge in [-0.1, -0.05) is 0 Å². The van der Waals surface area contributed by atoms with Crippen LogP contribution in [0.4, 0.5) is 5.82 Å². The summed E-state index contributed by atoms with van der Waals surface area (Å²) in [6.45, 7) is 6.24. The van der Waals surface area contributed by atoms with Crippen molar-refractivity contribution in [3.8, 4) is 0 Å². The van der Waals surface area contributed by atoms with E-state index in [9.17, 15) is 0 Å². The second-order valence-electron chi connectivity index (χ2n) is 3.72. The van der Waals surface area contributed by atoms with Crippen molar-refractivity contribution in [1.82, 2.24) is 14.9 Å². The second kappa shape index (κ2) is 6.02. The van der Waals surface area contributed by atoms with Gasteiger partial charge >= 0.3 is 0 Å². The van der Waals surface area contributed by atoms with E-state index >= 15 is 0 Å². The fraction of sp³-hybridized carbons (Fsp3) is 0.600. The third kappa shape index (κ3) is 4.13. The Morgan fingerprint density at radius 3 is 2.87 bits per heavy atom. The number of rotatable bonds is 5. The Hall–Kier alpha value is -0.680. The molecule has 84 valence electrons. The molecular formula is C10H17BrN4. The Kier molecular flexibility index (Phi) is 4.98. The second-order valence-corrected chi connectivity index (χ2v) is 4.57. The molecule has 0 radical (unpaired) electrons. The third-order valence-corrected chi connectivity index (χ3v) is 2.89. The van der Waals surface area contributed by atoms with E-state index in [0.29, 0.717) is 6.04 Å². The van der Waals surface area contributed by atoms with E-state index in [1.54, 1.807) is 12.5 Å². The molecule has 0 saturated heterocycles. The summed E-state index contributed by atoms with van der Waals surface area (Å²) in [7, 11) is 2.11. The maximum atomic E-state index is 4.13. The van der Waals surface area contributed by atoms with E-state index in [-0.39, 0.29) is 0 Å². The average molecular weight is 273 g/mol. The van der Waals surface area contributed by atoms with Gasteiger partial charge < -0.3 is 10.2 Å². The average Bonchev–Trinajstić information content (AvgIpc) is 2.20. The van der Waals surface area contributed by atoms with Crippen LogP contribution in [-0.2, 0) is 0 Å². The molecule has 0 amide bonds. The Bertz CT molecular complexity index is 303. The van der Waals surface area contributed by atoms with E-state index in [1.165, 1.54) is 0 Å². The van der Waals surface area contributed by atoms with Gasteiger partial charge in [0.2, 0.25) is 0 Å². The summed E-state index contributed by atoms with van der Waals surface area (Å²) >= 11 is 3.39. The van der Waals surface area contributed by atoms with Gasteiger partial charge in [0.1, 0.15) is 12.1 Å². The molecule has 1 aromatic heterocycles. The highest BCUT2D eigenvalue weighted by molar-refractivity contribution is 9.10. The fourth-order valence-corrected chi connectivity index (χ4v) is 1.41. The summed E-state index contributed by atoms with van der Waals surface area (Å²) in [4.78, 5) is 10.3. The first-order valence-electron chi connectivity index (χ1n) is 5.01. The maximum absolute atomic E-state index is 4.13. The molecule has 0 aliphatic carbocycles. The van der Waals surface area contributed by atoms with Crippen molar-refractivity contribution < 1.29 is 0 Å². The van der Waals surface area contributed by atoms with Crippen molar-refractivity contribution in [2.45, 2.75) is 19.9 Å². The normalized spacial score (nSPS) is 11.1. The van der Waals surface area contributed by atoms with Crippen LogP contribution >= 0.6 is 15.9 Å². The van der Waals surface area contributed by atoms with E-state index in [0.717, 1.165) is 23.4 Å². The van der Waals surface area contributed by atoms with Gasteiger partial charge in [0.15, 0.2) is 0 Å². The van der Waals surface area contributed by atoms with Gasteiger partial charge in [-0.2, -0.15) is 0 Å². The SMILES string of the molecule is CC(C)N(C)CCNc1ncncc1Br. The van der Waals surface area contributed by atoms with Gasteiger partial charge in [0.05, 0.1) is 4.47 Å². The lowest BCUT2D eigenvalue weighted by atomic mass is 10.3. The van der Waals surface area contributed by atoms with Crippen molar-refractivity contribution >= 4 is 21.7 Å². The largest absolute Gasteiger partial charge is 0.368 e. The molecule has 0 spiro atoms. The van der Waals surface area contributed by atoms with E-state index < -0.39 is 0 Å². The van der Waals surface area contributed by atoms with Crippen LogP contribution in [-0.4, -0.2) is 41.0 Å². The van der Waals surface area contributed by atoms with Crippen LogP contribution in [0, 0.1) is 0 Å². The zero-order valence-corrected chi connectivity index (χ0v) is 11.0. The number of nitrogens with zero attached hydrogens (tertiary/aromatic N) is 3. The predicted molar refractivity (Wildman–Crippen MR) is 66.0 cm³/mol. The summed E-state index contributed by atoms with van der Waals surface area (Å²) < 4.78 is 0.900. The Labute approximate surface area is 99.2 Å². The minimum Gasteiger partial charge on any atom is -0.368 e. The van der Waals surface area contributed by atoms with Gasteiger partial charge in [0.25, 0.3) is 0 Å². The molecule has 0 saturated carbocycles. The highest BCUT2D eigenvalue weighted by Crippen LogP contribution is 2.16. The lowest BCUT2D eigenvalue weighted by Gasteiger charge is -2.21. The first kappa shape index (κ1) is 12.4. The third-order valence-electron chi connectivity index (χ3n) is 2.31. The van der Waals surface area contributed by atoms with Crippen LogP contribution in [0.1, 0.15) is 13.8 Å². The van der Waals surface area contributed by atoms with Gasteiger partial charge in [-0.25, -0.2) is 9.97 Å². The molecule has 1 heterocycles. The number of hydrogen-bond donors (Lipinski definition) is 1. The highest BCUT2D eigenvalue weighted by atomic mass is 79.9. The zero-order valence-electron chi connectivity index (χ0n) is 9.37. The quantitative estimate of drug-likeness (QED) is 0.890. The number of hydrogen-bond acceptors (Lipinski definition) is 4. The molecule has 0 aliphatic heterocycles. The summed E-state index contributed by atoms with van der Waals surface area (Å²) in [6, 6.07) is 0.570. The number of halogens is 1. The topological polar surface area (TPSA) is 41.0 Å². The molecule has 1 rings (SSSR count). The molecule has 0 unspecified atom stereocenters. The number of nitrogens with one attached hydrogen (secondary N) is 1. The Balaban J connectivity index is 2.35. The Morgan fingerprint density at radius 1 is 1.53 bits per heavy atom. The molecule has 0 atom stereocenters. The van der Waals surface area contributed by atoms with Crippen molar-refractivity contribution in [3.63, 3.8) is 0 Å². The van der Waals surface area contributed by atoms with Crippen LogP contribution in [0.3, 0.4) is 0 Å². The number of likely N-dealkylation sites (N-methyl/N-ethyl adjacent to an activating group) is 1. The fourth-order valence-electron chi connectivity index (χ4n) is 1.05. The molecule has 4 nitrogen and oxygen atoms in total. The van der Waals surface area contributed by atoms with E-state index in [4.69, 9.17) is 0 Å². The number of aromatic nitrogens is 2. The predicted octanol–water partition coefficient (Wildman–Crippen LogP) is 1.99. The van der Waals surface area contributed by atoms with Crippen LogP contribution in [0.25, 0.3) is 0 Å². The smallest absolute Gasteiger partial charge is 0.143 e. The van der Waals surface area contributed by atoms with Gasteiger partial charge in [-0.3, -0.25) is 0 Å². The Morgan fingerprint density at radius 2 is 2.27 bits per heavy atom. The van der Waals surface area contributed by atoms with Gasteiger partial charge in [0, 0.05) is 25.3 Å². The van der Waals surface area contributed by atoms with Crippen molar-refractivity contribution in [2.75, 3.05) is 25.5 Å². The molecule has 0 bridgehead atoms. The van der Waals surface area contributed by atoms with Crippen LogP contribution < -0.4 is 5.32 Å². The van der Waals surface area contributed by atoms with E-state index in [2.05, 4.69) is 57.0 Å². The minimum absolute atomic E-state index is 0.570. The molecule has 15 heavy (non-hydrogen) atoms. The summed E-state index contributed by atoms with van der Waals surface area (Å²) in [5, 5.41) is 3.26. The summed E-state index contributed by atoms with van der Waals surface area (Å²) in [6.07, 6.45) is 3.28. The highest BCUT2D eigenvalue weighted by Gasteiger charge is 2.03. The van der Waals surface area contributed by atoms with Crippen LogP contribution in [0.2, 0.25) is 0 Å². The van der Waals surface area contributed by atoms with Gasteiger partial charge in [-0.05, 0) is 36.8 Å². The number of anilines is 1. The zero-order chi connectivity index (χ0) is 11.3. The van der Waals surface area contributed by atoms with Crippen LogP contribution in [0.15, 0.2) is 17.0 Å². The van der Waals surface area contributed by atoms with E-state index in [1.807, 2.05) is 0 Å². The summed E-state index contributed by atoms with van der Waals surface area (Å²) in [5.41, 5.74) is 0. The molecule has 0 fully saturated rings. The van der Waals surface area contributed by atoms with Crippen molar-refractivity contribution in [3.05, 3.63) is 17.0 Å². The molecule has 5 heteroatoms. The molecule has 1 N–H and O–H groups in total. The van der Waals surface area contributed by atoms with Gasteiger partial charge in [-0.15, -0.1) is 0 Å². The molecule has 0 aliphatic rings. The maximum Gasteiger partial charge on any atom is 0.143 e. The van der Waals surface area contributed by atoms with Crippen LogP contribution in [0.5, 0.6) is 0 Å². The van der Waals surface area contributed by atoms with Crippen molar-refractivity contribution in [1.29, 1.82) is 0 Å².